The van der Waals surface area contributed by atoms with E-state index in [0.717, 1.165) is 38.5 Å². The summed E-state index contributed by atoms with van der Waals surface area (Å²) < 4.78 is 253. The van der Waals surface area contributed by atoms with Gasteiger partial charge in [0.15, 0.2) is 0 Å². The van der Waals surface area contributed by atoms with E-state index in [0.29, 0.717) is 18.8 Å². The van der Waals surface area contributed by atoms with Gasteiger partial charge in [0, 0.05) is 6.42 Å². The van der Waals surface area contributed by atoms with Crippen LogP contribution < -0.4 is 0 Å². The Hall–Kier alpha value is -1.33. The minimum atomic E-state index is -8.86. The lowest BCUT2D eigenvalue weighted by molar-refractivity contribution is -0.468. The first-order valence-electron chi connectivity index (χ1n) is 12.7. The second-order valence-corrected chi connectivity index (χ2v) is 10.4. The van der Waals surface area contributed by atoms with Gasteiger partial charge in [0.1, 0.15) is 0 Å². The van der Waals surface area contributed by atoms with Gasteiger partial charge in [-0.15, -0.1) is 0 Å². The summed E-state index contributed by atoms with van der Waals surface area (Å²) in [6.07, 6.45) is -3.85. The minimum absolute atomic E-state index is 0.0453. The summed E-state index contributed by atoms with van der Waals surface area (Å²) in [7, 11) is 0. The molecular weight excluding hydrogens is 637 g/mol. The van der Waals surface area contributed by atoms with Gasteiger partial charge in [-0.1, -0.05) is 70.6 Å². The van der Waals surface area contributed by atoms with E-state index in [2.05, 4.69) is 0 Å². The predicted molar refractivity (Wildman–Crippen MR) is 109 cm³/mol. The highest BCUT2D eigenvalue weighted by Crippen LogP contribution is 2.65. The van der Waals surface area contributed by atoms with Crippen LogP contribution in [0, 0.1) is 5.92 Å². The maximum atomic E-state index is 13.9. The molecule has 42 heavy (non-hydrogen) atoms. The van der Waals surface area contributed by atoms with Gasteiger partial charge in [-0.25, -0.2) is 0 Å². The fourth-order valence-corrected chi connectivity index (χ4v) is 4.17. The fourth-order valence-electron chi connectivity index (χ4n) is 4.17. The average molecular weight is 664 g/mol. The van der Waals surface area contributed by atoms with Crippen LogP contribution in [-0.4, -0.2) is 53.6 Å². The number of rotatable bonds is 18. The summed E-state index contributed by atoms with van der Waals surface area (Å²) in [4.78, 5) is 0. The van der Waals surface area contributed by atoms with Crippen LogP contribution in [0.5, 0.6) is 0 Å². The monoisotopic (exact) mass is 664 g/mol. The van der Waals surface area contributed by atoms with Crippen molar-refractivity contribution in [2.75, 3.05) is 0 Å². The topological polar surface area (TPSA) is 0 Å². The van der Waals surface area contributed by atoms with E-state index < -0.39 is 72.8 Å². The third kappa shape index (κ3) is 6.67. The third-order valence-corrected chi connectivity index (χ3v) is 7.26. The molecule has 0 bridgehead atoms. The molecule has 0 spiro atoms. The molecule has 0 heterocycles. The lowest BCUT2D eigenvalue weighted by Crippen LogP contribution is -2.75. The number of unbranched alkanes of at least 4 members (excludes halogenated alkanes) is 7. The molecule has 0 atom stereocenters. The van der Waals surface area contributed by atoms with E-state index in [-0.39, 0.29) is 6.42 Å². The zero-order chi connectivity index (χ0) is 33.3. The van der Waals surface area contributed by atoms with Crippen LogP contribution in [0.15, 0.2) is 0 Å². The molecule has 0 radical (unpaired) electrons. The first-order valence-corrected chi connectivity index (χ1v) is 12.7. The molecule has 0 saturated heterocycles. The van der Waals surface area contributed by atoms with Gasteiger partial charge < -0.3 is 0 Å². The zero-order valence-corrected chi connectivity index (χ0v) is 21.5. The number of alkyl halides is 19. The summed E-state index contributed by atoms with van der Waals surface area (Å²) in [6, 6.07) is 0. The standard InChI is InChI=1S/C23H27F19/c24-15(25,13-8-6-4-2-1-3-5-7-10-14-11-9-12-14)16(26,27)17(28,29)18(30,31)19(32,33)20(34,35)21(36,37)22(38,39)23(40,41)42/h14H,1-13H2. The minimum Gasteiger partial charge on any atom is -0.200 e. The van der Waals surface area contributed by atoms with Crippen molar-refractivity contribution in [3.63, 3.8) is 0 Å². The van der Waals surface area contributed by atoms with Gasteiger partial charge in [0.25, 0.3) is 0 Å². The molecule has 0 nitrogen and oxygen atoms in total. The summed E-state index contributed by atoms with van der Waals surface area (Å²) in [5, 5.41) is 0. The second kappa shape index (κ2) is 12.6. The molecular formula is C23H27F19. The van der Waals surface area contributed by atoms with Crippen LogP contribution in [0.25, 0.3) is 0 Å². The third-order valence-electron chi connectivity index (χ3n) is 7.26. The van der Waals surface area contributed by atoms with E-state index in [9.17, 15) is 83.4 Å². The molecule has 0 aliphatic heterocycles. The second-order valence-electron chi connectivity index (χ2n) is 10.4. The molecule has 252 valence electrons. The van der Waals surface area contributed by atoms with E-state index in [1.807, 2.05) is 0 Å². The van der Waals surface area contributed by atoms with E-state index in [1.54, 1.807) is 0 Å². The first kappa shape index (κ1) is 38.7. The van der Waals surface area contributed by atoms with Gasteiger partial charge in [0.2, 0.25) is 0 Å². The highest BCUT2D eigenvalue weighted by molar-refractivity contribution is 5.16. The van der Waals surface area contributed by atoms with Crippen LogP contribution in [0.3, 0.4) is 0 Å². The highest BCUT2D eigenvalue weighted by Gasteiger charge is 2.96. The molecule has 1 aliphatic rings. The van der Waals surface area contributed by atoms with Crippen molar-refractivity contribution in [1.29, 1.82) is 0 Å². The van der Waals surface area contributed by atoms with Gasteiger partial charge in [0.05, 0.1) is 0 Å². The maximum Gasteiger partial charge on any atom is 0.460 e. The van der Waals surface area contributed by atoms with Gasteiger partial charge in [-0.05, 0) is 12.3 Å². The first-order chi connectivity index (χ1) is 18.6. The van der Waals surface area contributed by atoms with E-state index >= 15 is 0 Å². The maximum absolute atomic E-state index is 13.9. The van der Waals surface area contributed by atoms with E-state index in [1.165, 1.54) is 6.42 Å². The van der Waals surface area contributed by atoms with Crippen molar-refractivity contribution >= 4 is 0 Å². The Morgan fingerprint density at radius 2 is 0.667 bits per heavy atom. The van der Waals surface area contributed by atoms with Crippen LogP contribution in [0.4, 0.5) is 83.4 Å². The van der Waals surface area contributed by atoms with Crippen molar-refractivity contribution in [2.45, 2.75) is 137 Å². The molecule has 0 aromatic rings. The van der Waals surface area contributed by atoms with Crippen molar-refractivity contribution in [1.82, 2.24) is 0 Å². The molecule has 0 aromatic heterocycles. The van der Waals surface area contributed by atoms with Crippen molar-refractivity contribution in [3.05, 3.63) is 0 Å². The molecule has 0 amide bonds. The fraction of sp³-hybridized carbons (Fsp3) is 1.00. The van der Waals surface area contributed by atoms with Gasteiger partial charge in [-0.3, -0.25) is 0 Å². The SMILES string of the molecule is FC(F)(F)C(F)(F)C(F)(F)C(F)(F)C(F)(F)C(F)(F)C(F)(F)C(F)(F)C(F)(F)CCCCCCCCCCC1CCC1. The highest BCUT2D eigenvalue weighted by atomic mass is 19.4. The number of hydrogen-bond donors (Lipinski definition) is 0. The smallest absolute Gasteiger partial charge is 0.200 e. The molecule has 0 N–H and O–H groups in total. The van der Waals surface area contributed by atoms with Crippen LogP contribution >= 0.6 is 0 Å². The lowest BCUT2D eigenvalue weighted by Gasteiger charge is -2.43. The predicted octanol–water partition coefficient (Wildman–Crippen LogP) is 11.3. The van der Waals surface area contributed by atoms with Crippen LogP contribution in [0.2, 0.25) is 0 Å². The summed E-state index contributed by atoms with van der Waals surface area (Å²) >= 11 is 0. The van der Waals surface area contributed by atoms with Gasteiger partial charge >= 0.3 is 53.6 Å². The Morgan fingerprint density at radius 3 is 1.00 bits per heavy atom. The molecule has 19 heteroatoms. The Balaban J connectivity index is 2.93. The van der Waals surface area contributed by atoms with Crippen LogP contribution in [0.1, 0.15) is 83.5 Å². The molecule has 1 fully saturated rings. The van der Waals surface area contributed by atoms with E-state index in [4.69, 9.17) is 0 Å². The summed E-state index contributed by atoms with van der Waals surface area (Å²) in [5.41, 5.74) is 0. The lowest BCUT2D eigenvalue weighted by atomic mass is 9.81. The Morgan fingerprint density at radius 1 is 0.357 bits per heavy atom. The Kier molecular flexibility index (Phi) is 11.6. The zero-order valence-electron chi connectivity index (χ0n) is 21.5. The van der Waals surface area contributed by atoms with Gasteiger partial charge in [-0.2, -0.15) is 83.4 Å². The molecule has 1 aliphatic carbocycles. The van der Waals surface area contributed by atoms with Crippen LogP contribution in [-0.2, 0) is 0 Å². The quantitative estimate of drug-likeness (QED) is 0.101. The Labute approximate surface area is 227 Å². The largest absolute Gasteiger partial charge is 0.460 e. The normalized spacial score (nSPS) is 17.5. The molecule has 1 saturated carbocycles. The number of halogens is 19. The summed E-state index contributed by atoms with van der Waals surface area (Å²) in [5.74, 6) is -65.2. The van der Waals surface area contributed by atoms with Crippen molar-refractivity contribution in [3.8, 4) is 0 Å². The molecule has 0 unspecified atom stereocenters. The number of hydrogen-bond acceptors (Lipinski definition) is 0. The average Bonchev–Trinajstić information content (AvgIpc) is 2.79. The Bertz CT molecular complexity index is 854. The van der Waals surface area contributed by atoms with Crippen molar-refractivity contribution < 1.29 is 83.4 Å². The van der Waals surface area contributed by atoms with Crippen molar-refractivity contribution in [2.24, 2.45) is 5.92 Å². The molecule has 0 aromatic carbocycles. The molecule has 1 rings (SSSR count). The summed E-state index contributed by atoms with van der Waals surface area (Å²) in [6.45, 7) is 0.